The molecule has 2 aromatic heterocycles. The molecule has 1 aliphatic rings. The summed E-state index contributed by atoms with van der Waals surface area (Å²) in [4.78, 5) is 47.2. The highest BCUT2D eigenvalue weighted by atomic mass is 19.4. The molecule has 0 aliphatic carbocycles. The van der Waals surface area contributed by atoms with Crippen molar-refractivity contribution in [1.82, 2.24) is 30.4 Å². The zero-order valence-corrected chi connectivity index (χ0v) is 38.5. The molecule has 0 unspecified atom stereocenters. The second kappa shape index (κ2) is 25.2. The summed E-state index contributed by atoms with van der Waals surface area (Å²) in [6.07, 6.45) is 5.68. The SMILES string of the molecule is CCCCCC(=O)OCCOCCOCCCCCCOc1ccc(C(F)(F)F)c(CNC(=O)c2cccc(NC3(c4nnc(-c5ccncc5)[nH]4)CCN(C(=O)OC(C)(C)C)CC3)c2)c1. The molecule has 0 radical (unpaired) electrons. The molecule has 18 heteroatoms. The molecule has 4 aromatic rings. The number of hydrogen-bond donors (Lipinski definition) is 3. The highest BCUT2D eigenvalue weighted by Gasteiger charge is 2.41. The molecule has 1 fully saturated rings. The van der Waals surface area contributed by atoms with E-state index in [2.05, 4.69) is 37.7 Å². The highest BCUT2D eigenvalue weighted by molar-refractivity contribution is 5.95. The number of rotatable bonds is 25. The number of pyridine rings is 1. The van der Waals surface area contributed by atoms with Crippen LogP contribution < -0.4 is 15.4 Å². The fraction of sp³-hybridized carbons (Fsp3) is 0.542. The Labute approximate surface area is 384 Å². The average Bonchev–Trinajstić information content (AvgIpc) is 3.80. The normalized spacial score (nSPS) is 13.8. The Morgan fingerprint density at radius 3 is 2.24 bits per heavy atom. The van der Waals surface area contributed by atoms with Crippen molar-refractivity contribution in [2.45, 2.75) is 116 Å². The summed E-state index contributed by atoms with van der Waals surface area (Å²) in [6, 6.07) is 13.9. The molecule has 2 aromatic carbocycles. The van der Waals surface area contributed by atoms with Gasteiger partial charge in [-0.05, 0) is 113 Å². The van der Waals surface area contributed by atoms with Crippen LogP contribution in [0.4, 0.5) is 23.7 Å². The van der Waals surface area contributed by atoms with Crippen LogP contribution in [0.1, 0.15) is 119 Å². The lowest BCUT2D eigenvalue weighted by molar-refractivity contribution is -0.145. The van der Waals surface area contributed by atoms with E-state index in [0.29, 0.717) is 89.1 Å². The van der Waals surface area contributed by atoms with Crippen molar-refractivity contribution in [1.29, 1.82) is 0 Å². The molecule has 0 spiro atoms. The number of H-pyrrole nitrogens is 1. The molecule has 66 heavy (non-hydrogen) atoms. The lowest BCUT2D eigenvalue weighted by Gasteiger charge is -2.41. The van der Waals surface area contributed by atoms with Gasteiger partial charge < -0.3 is 44.2 Å². The van der Waals surface area contributed by atoms with Crippen LogP contribution in [0.15, 0.2) is 67.0 Å². The number of aromatic nitrogens is 4. The van der Waals surface area contributed by atoms with Crippen molar-refractivity contribution in [3.63, 3.8) is 0 Å². The molecule has 5 rings (SSSR count). The van der Waals surface area contributed by atoms with E-state index in [4.69, 9.17) is 23.7 Å². The van der Waals surface area contributed by atoms with Crippen molar-refractivity contribution in [2.24, 2.45) is 0 Å². The predicted octanol–water partition coefficient (Wildman–Crippen LogP) is 9.25. The number of benzene rings is 2. The molecule has 0 atom stereocenters. The number of carbonyl (C=O) groups is 3. The zero-order valence-electron chi connectivity index (χ0n) is 38.5. The number of anilines is 1. The first kappa shape index (κ1) is 51.2. The van der Waals surface area contributed by atoms with Crippen LogP contribution in [0.5, 0.6) is 5.75 Å². The number of halogens is 3. The number of carbonyl (C=O) groups excluding carboxylic acids is 3. The predicted molar refractivity (Wildman–Crippen MR) is 242 cm³/mol. The number of piperidine rings is 1. The molecular weight excluding hydrogens is 860 g/mol. The third-order valence-corrected chi connectivity index (χ3v) is 10.8. The van der Waals surface area contributed by atoms with Crippen LogP contribution in [-0.2, 0) is 42.0 Å². The Morgan fingerprint density at radius 2 is 1.53 bits per heavy atom. The van der Waals surface area contributed by atoms with Gasteiger partial charge in [-0.3, -0.25) is 14.6 Å². The summed E-state index contributed by atoms with van der Waals surface area (Å²) >= 11 is 0. The maximum atomic E-state index is 14.1. The van der Waals surface area contributed by atoms with E-state index in [9.17, 15) is 27.6 Å². The van der Waals surface area contributed by atoms with Gasteiger partial charge in [-0.15, -0.1) is 10.2 Å². The number of ether oxygens (including phenoxy) is 5. The highest BCUT2D eigenvalue weighted by Crippen LogP contribution is 2.37. The number of nitrogens with zero attached hydrogens (tertiary/aromatic N) is 4. The fourth-order valence-electron chi connectivity index (χ4n) is 7.29. The van der Waals surface area contributed by atoms with Gasteiger partial charge in [0.2, 0.25) is 0 Å². The number of esters is 1. The number of nitrogens with one attached hydrogen (secondary N) is 3. The van der Waals surface area contributed by atoms with Crippen LogP contribution in [0.3, 0.4) is 0 Å². The number of unbranched alkanes of at least 4 members (excludes halogenated alkanes) is 5. The van der Waals surface area contributed by atoms with Gasteiger partial charge in [0.1, 0.15) is 23.5 Å². The second-order valence-corrected chi connectivity index (χ2v) is 17.2. The van der Waals surface area contributed by atoms with Gasteiger partial charge in [-0.1, -0.05) is 32.3 Å². The average molecular weight is 924 g/mol. The lowest BCUT2D eigenvalue weighted by atomic mass is 9.86. The minimum atomic E-state index is -4.65. The maximum absolute atomic E-state index is 14.1. The minimum absolute atomic E-state index is 0.127. The van der Waals surface area contributed by atoms with Crippen LogP contribution in [-0.4, -0.2) is 101 Å². The first-order chi connectivity index (χ1) is 31.7. The number of aromatic amines is 1. The Bertz CT molecular complexity index is 2120. The first-order valence-electron chi connectivity index (χ1n) is 22.8. The molecule has 0 saturated carbocycles. The smallest absolute Gasteiger partial charge is 0.416 e. The summed E-state index contributed by atoms with van der Waals surface area (Å²) in [6.45, 7) is 10.1. The molecule has 0 bridgehead atoms. The molecule has 2 amide bonds. The summed E-state index contributed by atoms with van der Waals surface area (Å²) < 4.78 is 70.0. The summed E-state index contributed by atoms with van der Waals surface area (Å²) in [5.41, 5.74) is -0.922. The third kappa shape index (κ3) is 16.6. The molecule has 1 saturated heterocycles. The van der Waals surface area contributed by atoms with Gasteiger partial charge in [-0.25, -0.2) is 4.79 Å². The van der Waals surface area contributed by atoms with Gasteiger partial charge in [0.25, 0.3) is 5.91 Å². The van der Waals surface area contributed by atoms with E-state index in [-0.39, 0.29) is 36.0 Å². The van der Waals surface area contributed by atoms with Crippen LogP contribution in [0.2, 0.25) is 0 Å². The van der Waals surface area contributed by atoms with E-state index in [0.717, 1.165) is 50.2 Å². The number of alkyl halides is 3. The van der Waals surface area contributed by atoms with Crippen molar-refractivity contribution in [3.05, 3.63) is 89.5 Å². The second-order valence-electron chi connectivity index (χ2n) is 17.2. The monoisotopic (exact) mass is 923 g/mol. The maximum Gasteiger partial charge on any atom is 0.416 e. The van der Waals surface area contributed by atoms with Crippen LogP contribution in [0.25, 0.3) is 11.4 Å². The number of hydrogen-bond acceptors (Lipinski definition) is 12. The van der Waals surface area contributed by atoms with E-state index in [1.807, 2.05) is 32.9 Å². The molecule has 3 N–H and O–H groups in total. The van der Waals surface area contributed by atoms with Gasteiger partial charge in [0, 0.05) is 61.9 Å². The Hall–Kier alpha value is -5.75. The Balaban J connectivity index is 1.10. The fourth-order valence-corrected chi connectivity index (χ4v) is 7.29. The van der Waals surface area contributed by atoms with E-state index in [1.54, 1.807) is 41.6 Å². The zero-order chi connectivity index (χ0) is 47.4. The molecular formula is C48H64F3N7O8. The molecule has 1 aliphatic heterocycles. The Kier molecular flexibility index (Phi) is 19.6. The van der Waals surface area contributed by atoms with E-state index in [1.165, 1.54) is 12.1 Å². The summed E-state index contributed by atoms with van der Waals surface area (Å²) in [7, 11) is 0. The van der Waals surface area contributed by atoms with Crippen molar-refractivity contribution >= 4 is 23.7 Å². The third-order valence-electron chi connectivity index (χ3n) is 10.8. The largest absolute Gasteiger partial charge is 0.494 e. The van der Waals surface area contributed by atoms with E-state index < -0.39 is 34.9 Å². The first-order valence-corrected chi connectivity index (χ1v) is 22.8. The van der Waals surface area contributed by atoms with Crippen molar-refractivity contribution in [3.8, 4) is 17.1 Å². The molecule has 360 valence electrons. The topological polar surface area (TPSA) is 179 Å². The summed E-state index contributed by atoms with van der Waals surface area (Å²) in [5, 5.41) is 15.1. The van der Waals surface area contributed by atoms with Gasteiger partial charge >= 0.3 is 18.2 Å². The van der Waals surface area contributed by atoms with Crippen molar-refractivity contribution < 1.29 is 51.2 Å². The van der Waals surface area contributed by atoms with Crippen LogP contribution in [0, 0.1) is 0 Å². The Morgan fingerprint density at radius 1 is 0.818 bits per heavy atom. The van der Waals surface area contributed by atoms with Gasteiger partial charge in [0.15, 0.2) is 11.6 Å². The summed E-state index contributed by atoms with van der Waals surface area (Å²) in [5.74, 6) is 0.572. The minimum Gasteiger partial charge on any atom is -0.494 e. The van der Waals surface area contributed by atoms with Crippen molar-refractivity contribution in [2.75, 3.05) is 58.0 Å². The van der Waals surface area contributed by atoms with Crippen LogP contribution >= 0.6 is 0 Å². The lowest BCUT2D eigenvalue weighted by Crippen LogP contribution is -2.50. The number of amides is 2. The van der Waals surface area contributed by atoms with Gasteiger partial charge in [-0.2, -0.15) is 13.2 Å². The molecule has 3 heterocycles. The van der Waals surface area contributed by atoms with Gasteiger partial charge in [0.05, 0.1) is 32.0 Å². The quantitative estimate of drug-likeness (QED) is 0.0425. The standard InChI is InChI=1S/C48H64F3N7O8/c1-5-6-9-15-41(59)65-31-30-63-29-28-62-26-10-7-8-11-27-64-39-16-17-40(48(49,50)51)37(33-39)34-53-43(60)36-13-12-14-38(32-36)55-47(20-24-58(25-21-47)45(61)66-46(2,3)4)44-54-42(56-57-44)35-18-22-52-23-19-35/h12-14,16-19,22-23,32-33,55H,5-11,15,20-21,24-31,34H2,1-4H3,(H,53,60)(H,54,56,57). The number of likely N-dealkylation sites (tertiary alicyclic amines) is 1. The molecule has 15 nitrogen and oxygen atoms in total. The van der Waals surface area contributed by atoms with E-state index >= 15 is 0 Å².